The number of aliphatic carboxylic acids is 1. The Kier molecular flexibility index (Phi) is 4.07. The predicted octanol–water partition coefficient (Wildman–Crippen LogP) is 1.00. The first-order chi connectivity index (χ1) is 8.04. The van der Waals surface area contributed by atoms with Crippen LogP contribution in [-0.2, 0) is 4.79 Å². The molecule has 0 aliphatic rings. The molecular weight excluding hydrogens is 220 g/mol. The van der Waals surface area contributed by atoms with E-state index in [9.17, 15) is 4.79 Å². The molecule has 3 N–H and O–H groups in total. The Labute approximate surface area is 99.4 Å². The number of nitrogens with zero attached hydrogens (tertiary/aromatic N) is 1. The Morgan fingerprint density at radius 2 is 2.29 bits per heavy atom. The lowest BCUT2D eigenvalue weighted by Crippen LogP contribution is -2.21. The van der Waals surface area contributed by atoms with Gasteiger partial charge >= 0.3 is 5.97 Å². The molecule has 1 atom stereocenters. The Morgan fingerprint density at radius 3 is 2.71 bits per heavy atom. The fourth-order valence-electron chi connectivity index (χ4n) is 1.74. The third-order valence-corrected chi connectivity index (χ3v) is 2.56. The number of carboxylic acid groups (broad SMARTS) is 1. The van der Waals surface area contributed by atoms with Crippen LogP contribution < -0.4 is 10.5 Å². The summed E-state index contributed by atoms with van der Waals surface area (Å²) in [5.41, 5.74) is 6.99. The zero-order valence-corrected chi connectivity index (χ0v) is 9.73. The fourth-order valence-corrected chi connectivity index (χ4v) is 1.74. The van der Waals surface area contributed by atoms with Crippen molar-refractivity contribution in [3.8, 4) is 11.8 Å². The van der Waals surface area contributed by atoms with Crippen LogP contribution in [0.15, 0.2) is 12.1 Å². The van der Waals surface area contributed by atoms with Crippen LogP contribution in [0.3, 0.4) is 0 Å². The fraction of sp³-hybridized carbons (Fsp3) is 0.333. The average molecular weight is 234 g/mol. The number of methoxy groups -OCH3 is 1. The van der Waals surface area contributed by atoms with Crippen LogP contribution in [-0.4, -0.2) is 24.7 Å². The predicted molar refractivity (Wildman–Crippen MR) is 61.9 cm³/mol. The van der Waals surface area contributed by atoms with Gasteiger partial charge in [-0.2, -0.15) is 5.26 Å². The summed E-state index contributed by atoms with van der Waals surface area (Å²) in [6, 6.07) is 5.18. The van der Waals surface area contributed by atoms with E-state index >= 15 is 0 Å². The van der Waals surface area contributed by atoms with E-state index in [2.05, 4.69) is 0 Å². The van der Waals surface area contributed by atoms with Gasteiger partial charge in [0.05, 0.1) is 18.6 Å². The molecule has 17 heavy (non-hydrogen) atoms. The highest BCUT2D eigenvalue weighted by molar-refractivity contribution is 5.77. The minimum Gasteiger partial charge on any atom is -0.495 e. The third-order valence-electron chi connectivity index (χ3n) is 2.56. The van der Waals surface area contributed by atoms with Gasteiger partial charge in [0.15, 0.2) is 0 Å². The lowest BCUT2D eigenvalue weighted by atomic mass is 9.95. The first kappa shape index (κ1) is 13.0. The maximum atomic E-state index is 11.0. The van der Waals surface area contributed by atoms with E-state index < -0.39 is 11.9 Å². The lowest BCUT2D eigenvalue weighted by molar-refractivity contribution is -0.138. The van der Waals surface area contributed by atoms with Crippen molar-refractivity contribution in [3.63, 3.8) is 0 Å². The number of carboxylic acids is 1. The molecule has 0 saturated heterocycles. The van der Waals surface area contributed by atoms with Crippen LogP contribution in [0.2, 0.25) is 0 Å². The van der Waals surface area contributed by atoms with Gasteiger partial charge in [-0.3, -0.25) is 4.79 Å². The van der Waals surface area contributed by atoms with E-state index in [-0.39, 0.29) is 6.54 Å². The van der Waals surface area contributed by atoms with Crippen molar-refractivity contribution in [2.45, 2.75) is 12.8 Å². The highest BCUT2D eigenvalue weighted by Gasteiger charge is 2.20. The topological polar surface area (TPSA) is 96.3 Å². The van der Waals surface area contributed by atoms with Crippen molar-refractivity contribution in [3.05, 3.63) is 28.8 Å². The molecule has 5 nitrogen and oxygen atoms in total. The minimum atomic E-state index is -0.999. The molecule has 90 valence electrons. The van der Waals surface area contributed by atoms with Crippen LogP contribution in [0.1, 0.15) is 22.6 Å². The number of benzene rings is 1. The maximum Gasteiger partial charge on any atom is 0.312 e. The summed E-state index contributed by atoms with van der Waals surface area (Å²) in [6.07, 6.45) is 0. The number of carbonyl (C=O) groups is 1. The number of rotatable bonds is 4. The van der Waals surface area contributed by atoms with Gasteiger partial charge in [0.1, 0.15) is 11.8 Å². The molecule has 0 heterocycles. The number of aryl methyl sites for hydroxylation is 1. The maximum absolute atomic E-state index is 11.0. The Hall–Kier alpha value is -2.06. The summed E-state index contributed by atoms with van der Waals surface area (Å²) in [5, 5.41) is 18.0. The number of ether oxygens (including phenoxy) is 1. The summed E-state index contributed by atoms with van der Waals surface area (Å²) < 4.78 is 5.09. The van der Waals surface area contributed by atoms with Crippen LogP contribution >= 0.6 is 0 Å². The van der Waals surface area contributed by atoms with E-state index in [4.69, 9.17) is 20.8 Å². The largest absolute Gasteiger partial charge is 0.495 e. The molecule has 1 aromatic carbocycles. The molecule has 0 saturated carbocycles. The van der Waals surface area contributed by atoms with E-state index in [1.807, 2.05) is 6.07 Å². The van der Waals surface area contributed by atoms with E-state index in [0.29, 0.717) is 16.9 Å². The number of hydrogen-bond donors (Lipinski definition) is 2. The molecule has 1 aromatic rings. The smallest absolute Gasteiger partial charge is 0.312 e. The summed E-state index contributed by atoms with van der Waals surface area (Å²) in [7, 11) is 1.47. The molecule has 0 spiro atoms. The Balaban J connectivity index is 3.34. The lowest BCUT2D eigenvalue weighted by Gasteiger charge is -2.14. The van der Waals surface area contributed by atoms with E-state index in [1.54, 1.807) is 13.0 Å². The first-order valence-electron chi connectivity index (χ1n) is 5.06. The summed E-state index contributed by atoms with van der Waals surface area (Å²) in [6.45, 7) is 1.75. The van der Waals surface area contributed by atoms with Crippen molar-refractivity contribution >= 4 is 5.97 Å². The molecule has 1 rings (SSSR count). The molecular formula is C12H14N2O3. The molecule has 5 heteroatoms. The molecule has 0 fully saturated rings. The van der Waals surface area contributed by atoms with Crippen LogP contribution in [0.5, 0.6) is 5.75 Å². The number of nitrogens with two attached hydrogens (primary N) is 1. The summed E-state index contributed by atoms with van der Waals surface area (Å²) in [4.78, 5) is 11.0. The molecule has 0 radical (unpaired) electrons. The van der Waals surface area contributed by atoms with Crippen molar-refractivity contribution in [1.82, 2.24) is 0 Å². The second-order valence-corrected chi connectivity index (χ2v) is 3.66. The quantitative estimate of drug-likeness (QED) is 0.810. The highest BCUT2D eigenvalue weighted by atomic mass is 16.5. The zero-order valence-electron chi connectivity index (χ0n) is 9.73. The monoisotopic (exact) mass is 234 g/mol. The van der Waals surface area contributed by atoms with Gasteiger partial charge in [0.2, 0.25) is 0 Å². The highest BCUT2D eigenvalue weighted by Crippen LogP contribution is 2.28. The van der Waals surface area contributed by atoms with Crippen molar-refractivity contribution in [1.29, 1.82) is 5.26 Å². The van der Waals surface area contributed by atoms with Crippen LogP contribution in [0.25, 0.3) is 0 Å². The van der Waals surface area contributed by atoms with Crippen LogP contribution in [0, 0.1) is 18.3 Å². The summed E-state index contributed by atoms with van der Waals surface area (Å²) in [5.74, 6) is -1.33. The first-order valence-corrected chi connectivity index (χ1v) is 5.06. The molecule has 0 bridgehead atoms. The zero-order chi connectivity index (χ0) is 13.0. The normalized spacial score (nSPS) is 11.6. The molecule has 0 aromatic heterocycles. The molecule has 1 unspecified atom stereocenters. The number of hydrogen-bond acceptors (Lipinski definition) is 4. The van der Waals surface area contributed by atoms with Crippen LogP contribution in [0.4, 0.5) is 0 Å². The van der Waals surface area contributed by atoms with Crippen molar-refractivity contribution in [2.75, 3.05) is 13.7 Å². The Bertz CT molecular complexity index is 477. The molecule has 0 aliphatic heterocycles. The second kappa shape index (κ2) is 5.32. The van der Waals surface area contributed by atoms with Gasteiger partial charge < -0.3 is 15.6 Å². The van der Waals surface area contributed by atoms with Gasteiger partial charge in [-0.15, -0.1) is 0 Å². The van der Waals surface area contributed by atoms with Gasteiger partial charge in [-0.05, 0) is 24.1 Å². The standard InChI is InChI=1S/C12H14N2O3/c1-7-3-8(10(6-14)12(15)16)4-9(5-13)11(7)17-2/h3-4,10H,6,14H2,1-2H3,(H,15,16). The summed E-state index contributed by atoms with van der Waals surface area (Å²) >= 11 is 0. The minimum absolute atomic E-state index is 0.00797. The molecule has 0 amide bonds. The van der Waals surface area contributed by atoms with Gasteiger partial charge in [0.25, 0.3) is 0 Å². The number of nitriles is 1. The van der Waals surface area contributed by atoms with Gasteiger partial charge in [0, 0.05) is 6.54 Å². The van der Waals surface area contributed by atoms with Gasteiger partial charge in [-0.1, -0.05) is 6.07 Å². The van der Waals surface area contributed by atoms with Gasteiger partial charge in [-0.25, -0.2) is 0 Å². The average Bonchev–Trinajstić information content (AvgIpc) is 2.28. The van der Waals surface area contributed by atoms with E-state index in [1.165, 1.54) is 13.2 Å². The Morgan fingerprint density at radius 1 is 1.65 bits per heavy atom. The van der Waals surface area contributed by atoms with Crippen molar-refractivity contribution < 1.29 is 14.6 Å². The van der Waals surface area contributed by atoms with Crippen molar-refractivity contribution in [2.24, 2.45) is 5.73 Å². The molecule has 0 aliphatic carbocycles. The third kappa shape index (κ3) is 2.55. The SMILES string of the molecule is COc1c(C)cc(C(CN)C(=O)O)cc1C#N. The van der Waals surface area contributed by atoms with E-state index in [0.717, 1.165) is 5.56 Å². The second-order valence-electron chi connectivity index (χ2n) is 3.66.